The third-order valence-electron chi connectivity index (χ3n) is 4.24. The molecule has 0 radical (unpaired) electrons. The highest BCUT2D eigenvalue weighted by Gasteiger charge is 2.30. The summed E-state index contributed by atoms with van der Waals surface area (Å²) in [7, 11) is 1.52. The van der Waals surface area contributed by atoms with Crippen LogP contribution in [0.1, 0.15) is 12.5 Å². The lowest BCUT2D eigenvalue weighted by atomic mass is 10.1. The molecule has 1 aliphatic heterocycles. The molecule has 0 bridgehead atoms. The molecule has 7 heteroatoms. The number of rotatable bonds is 3. The Morgan fingerprint density at radius 2 is 1.79 bits per heavy atom. The Bertz CT molecular complexity index is 635. The summed E-state index contributed by atoms with van der Waals surface area (Å²) in [6.45, 7) is 2.64. The van der Waals surface area contributed by atoms with Crippen molar-refractivity contribution in [3.8, 4) is 0 Å². The molecule has 3 amide bonds. The van der Waals surface area contributed by atoms with Crippen LogP contribution >= 0.6 is 0 Å². The molecule has 1 aromatic rings. The van der Waals surface area contributed by atoms with Gasteiger partial charge in [0.25, 0.3) is 0 Å². The number of nitrogens with one attached hydrogen (secondary N) is 1. The largest absolute Gasteiger partial charge is 0.359 e. The van der Waals surface area contributed by atoms with Crippen LogP contribution < -0.4 is 5.32 Å². The van der Waals surface area contributed by atoms with Crippen LogP contribution in [-0.4, -0.2) is 60.7 Å². The van der Waals surface area contributed by atoms with Crippen LogP contribution in [-0.2, 0) is 20.8 Å². The molecule has 24 heavy (non-hydrogen) atoms. The van der Waals surface area contributed by atoms with Gasteiger partial charge in [-0.3, -0.25) is 14.4 Å². The van der Waals surface area contributed by atoms with E-state index in [0.29, 0.717) is 18.7 Å². The SMILES string of the molecule is CNC(=O)[C@@H]1CN(C(C)=O)CCN(C(=O)Cc2ccccc2F)C1. The molecule has 2 rings (SSSR count). The lowest BCUT2D eigenvalue weighted by Gasteiger charge is -2.23. The second-order valence-electron chi connectivity index (χ2n) is 5.88. The minimum Gasteiger partial charge on any atom is -0.359 e. The van der Waals surface area contributed by atoms with Gasteiger partial charge in [0.1, 0.15) is 5.82 Å². The van der Waals surface area contributed by atoms with Gasteiger partial charge in [-0.2, -0.15) is 0 Å². The summed E-state index contributed by atoms with van der Waals surface area (Å²) in [5.41, 5.74) is 0.326. The molecule has 6 nitrogen and oxygen atoms in total. The molecule has 1 N–H and O–H groups in total. The van der Waals surface area contributed by atoms with Crippen molar-refractivity contribution in [3.63, 3.8) is 0 Å². The van der Waals surface area contributed by atoms with Gasteiger partial charge in [0, 0.05) is 40.2 Å². The van der Waals surface area contributed by atoms with Crippen molar-refractivity contribution in [3.05, 3.63) is 35.6 Å². The smallest absolute Gasteiger partial charge is 0.227 e. The Labute approximate surface area is 140 Å². The fraction of sp³-hybridized carbons (Fsp3) is 0.471. The van der Waals surface area contributed by atoms with E-state index >= 15 is 0 Å². The topological polar surface area (TPSA) is 69.7 Å². The predicted molar refractivity (Wildman–Crippen MR) is 86.5 cm³/mol. The van der Waals surface area contributed by atoms with Crippen molar-refractivity contribution in [1.29, 1.82) is 0 Å². The number of hydrogen-bond acceptors (Lipinski definition) is 3. The van der Waals surface area contributed by atoms with Crippen LogP contribution in [0.4, 0.5) is 4.39 Å². The van der Waals surface area contributed by atoms with E-state index in [2.05, 4.69) is 5.32 Å². The second-order valence-corrected chi connectivity index (χ2v) is 5.88. The minimum absolute atomic E-state index is 0.0623. The summed E-state index contributed by atoms with van der Waals surface area (Å²) in [4.78, 5) is 39.3. The summed E-state index contributed by atoms with van der Waals surface area (Å²) in [5, 5.41) is 2.57. The van der Waals surface area contributed by atoms with Crippen LogP contribution in [0, 0.1) is 11.7 Å². The Balaban J connectivity index is 2.13. The zero-order valence-corrected chi connectivity index (χ0v) is 13.9. The molecule has 0 unspecified atom stereocenters. The van der Waals surface area contributed by atoms with E-state index in [0.717, 1.165) is 0 Å². The standard InChI is InChI=1S/C17H22FN3O3/c1-12(22)20-7-8-21(11-14(10-20)17(24)19-2)16(23)9-13-5-3-4-6-15(13)18/h3-6,14H,7-11H2,1-2H3,(H,19,24)/t14-/m1/s1. The number of halogens is 1. The van der Waals surface area contributed by atoms with Gasteiger partial charge in [-0.25, -0.2) is 4.39 Å². The van der Waals surface area contributed by atoms with Crippen LogP contribution in [0.2, 0.25) is 0 Å². The molecule has 0 saturated carbocycles. The Morgan fingerprint density at radius 3 is 2.42 bits per heavy atom. The Hall–Kier alpha value is -2.44. The van der Waals surface area contributed by atoms with E-state index in [4.69, 9.17) is 0 Å². The van der Waals surface area contributed by atoms with E-state index in [9.17, 15) is 18.8 Å². The van der Waals surface area contributed by atoms with Gasteiger partial charge < -0.3 is 15.1 Å². The molecule has 1 aliphatic rings. The van der Waals surface area contributed by atoms with Crippen molar-refractivity contribution < 1.29 is 18.8 Å². The minimum atomic E-state index is -0.494. The van der Waals surface area contributed by atoms with E-state index < -0.39 is 11.7 Å². The number of carbonyl (C=O) groups excluding carboxylic acids is 3. The van der Waals surface area contributed by atoms with E-state index in [1.165, 1.54) is 24.9 Å². The molecule has 1 saturated heterocycles. The van der Waals surface area contributed by atoms with Gasteiger partial charge in [-0.05, 0) is 11.6 Å². The highest BCUT2D eigenvalue weighted by atomic mass is 19.1. The first kappa shape index (κ1) is 17.9. The van der Waals surface area contributed by atoms with Crippen molar-refractivity contribution in [2.24, 2.45) is 5.92 Å². The van der Waals surface area contributed by atoms with Crippen LogP contribution in [0.25, 0.3) is 0 Å². The van der Waals surface area contributed by atoms with E-state index in [-0.39, 0.29) is 37.2 Å². The lowest BCUT2D eigenvalue weighted by molar-refractivity contribution is -0.132. The number of amides is 3. The van der Waals surface area contributed by atoms with Crippen LogP contribution in [0.15, 0.2) is 24.3 Å². The van der Waals surface area contributed by atoms with Gasteiger partial charge in [0.2, 0.25) is 17.7 Å². The predicted octanol–water partition coefficient (Wildman–Crippen LogP) is 0.421. The van der Waals surface area contributed by atoms with Gasteiger partial charge in [-0.1, -0.05) is 18.2 Å². The Morgan fingerprint density at radius 1 is 1.17 bits per heavy atom. The number of hydrogen-bond donors (Lipinski definition) is 1. The normalized spacial score (nSPS) is 18.0. The van der Waals surface area contributed by atoms with E-state index in [1.807, 2.05) is 0 Å². The summed E-state index contributed by atoms with van der Waals surface area (Å²) in [5.74, 6) is -1.52. The van der Waals surface area contributed by atoms with Crippen molar-refractivity contribution in [1.82, 2.24) is 15.1 Å². The molecule has 1 heterocycles. The lowest BCUT2D eigenvalue weighted by Crippen LogP contribution is -2.42. The van der Waals surface area contributed by atoms with E-state index in [1.54, 1.807) is 23.1 Å². The monoisotopic (exact) mass is 335 g/mol. The third-order valence-corrected chi connectivity index (χ3v) is 4.24. The quantitative estimate of drug-likeness (QED) is 0.870. The average molecular weight is 335 g/mol. The van der Waals surface area contributed by atoms with Gasteiger partial charge in [0.15, 0.2) is 0 Å². The molecule has 0 spiro atoms. The zero-order valence-electron chi connectivity index (χ0n) is 13.9. The first-order valence-corrected chi connectivity index (χ1v) is 7.90. The van der Waals surface area contributed by atoms with Crippen LogP contribution in [0.5, 0.6) is 0 Å². The summed E-state index contributed by atoms with van der Waals surface area (Å²) in [6, 6.07) is 6.14. The number of carbonyl (C=O) groups is 3. The third kappa shape index (κ3) is 4.31. The molecular weight excluding hydrogens is 313 g/mol. The second kappa shape index (κ2) is 7.90. The number of benzene rings is 1. The summed E-state index contributed by atoms with van der Waals surface area (Å²) in [6.07, 6.45) is -0.0623. The molecule has 0 aliphatic carbocycles. The molecule has 1 aromatic carbocycles. The average Bonchev–Trinajstić information content (AvgIpc) is 2.79. The molecule has 130 valence electrons. The zero-order chi connectivity index (χ0) is 17.7. The maximum Gasteiger partial charge on any atom is 0.227 e. The molecule has 1 atom stereocenters. The van der Waals surface area contributed by atoms with Gasteiger partial charge >= 0.3 is 0 Å². The molecule has 0 aromatic heterocycles. The highest BCUT2D eigenvalue weighted by molar-refractivity contribution is 5.83. The Kier molecular flexibility index (Phi) is 5.89. The summed E-state index contributed by atoms with van der Waals surface area (Å²) >= 11 is 0. The van der Waals surface area contributed by atoms with Crippen molar-refractivity contribution in [2.45, 2.75) is 13.3 Å². The van der Waals surface area contributed by atoms with Gasteiger partial charge in [-0.15, -0.1) is 0 Å². The fourth-order valence-corrected chi connectivity index (χ4v) is 2.81. The fourth-order valence-electron chi connectivity index (χ4n) is 2.81. The van der Waals surface area contributed by atoms with Crippen LogP contribution in [0.3, 0.4) is 0 Å². The maximum atomic E-state index is 13.7. The highest BCUT2D eigenvalue weighted by Crippen LogP contribution is 2.14. The molecular formula is C17H22FN3O3. The van der Waals surface area contributed by atoms with Gasteiger partial charge in [0.05, 0.1) is 12.3 Å². The van der Waals surface area contributed by atoms with Crippen molar-refractivity contribution >= 4 is 17.7 Å². The summed E-state index contributed by atoms with van der Waals surface area (Å²) < 4.78 is 13.7. The first-order chi connectivity index (χ1) is 11.4. The van der Waals surface area contributed by atoms with Crippen molar-refractivity contribution in [2.75, 3.05) is 33.2 Å². The number of nitrogens with zero attached hydrogens (tertiary/aromatic N) is 2. The molecule has 1 fully saturated rings. The first-order valence-electron chi connectivity index (χ1n) is 7.90. The maximum absolute atomic E-state index is 13.7.